The molecule has 0 spiro atoms. The molecule has 2 aromatic carbocycles. The molecule has 0 saturated carbocycles. The van der Waals surface area contributed by atoms with Crippen molar-refractivity contribution in [1.29, 1.82) is 0 Å². The summed E-state index contributed by atoms with van der Waals surface area (Å²) in [6.07, 6.45) is 0. The average Bonchev–Trinajstić information content (AvgIpc) is 2.76. The maximum atomic E-state index is 5.56. The van der Waals surface area contributed by atoms with Crippen LogP contribution in [0, 0.1) is 4.64 Å². The van der Waals surface area contributed by atoms with E-state index in [1.54, 1.807) is 7.11 Å². The summed E-state index contributed by atoms with van der Waals surface area (Å²) >= 11 is 5.75. The van der Waals surface area contributed by atoms with Crippen LogP contribution >= 0.6 is 12.2 Å². The van der Waals surface area contributed by atoms with Crippen molar-refractivity contribution >= 4 is 36.6 Å². The standard InChI is InChI=1S/C14H11NOSSe/c1-16-11-7-8-12-13(9-11)18-15(14(12)17)10-5-3-2-4-6-10/h2-9H,1H3. The summed E-state index contributed by atoms with van der Waals surface area (Å²) in [5, 5.41) is 1.16. The van der Waals surface area contributed by atoms with Crippen molar-refractivity contribution in [2.45, 2.75) is 0 Å². The number of hydrogen-bond acceptors (Lipinski definition) is 2. The van der Waals surface area contributed by atoms with E-state index in [1.807, 2.05) is 24.3 Å². The van der Waals surface area contributed by atoms with E-state index in [2.05, 4.69) is 27.8 Å². The molecule has 0 fully saturated rings. The first-order chi connectivity index (χ1) is 8.79. The minimum absolute atomic E-state index is 0.197. The molecule has 3 aromatic rings. The van der Waals surface area contributed by atoms with Gasteiger partial charge >= 0.3 is 117 Å². The minimum atomic E-state index is 0.197. The normalized spacial score (nSPS) is 10.7. The van der Waals surface area contributed by atoms with Crippen LogP contribution in [-0.4, -0.2) is 25.4 Å². The van der Waals surface area contributed by atoms with Crippen LogP contribution in [0.3, 0.4) is 0 Å². The van der Waals surface area contributed by atoms with Crippen molar-refractivity contribution in [2.75, 3.05) is 7.11 Å². The Labute approximate surface area is 116 Å². The van der Waals surface area contributed by atoms with Gasteiger partial charge in [-0.1, -0.05) is 0 Å². The summed E-state index contributed by atoms with van der Waals surface area (Å²) in [6.45, 7) is 0. The molecule has 0 aliphatic rings. The molecule has 2 nitrogen and oxygen atoms in total. The van der Waals surface area contributed by atoms with Gasteiger partial charge in [0.2, 0.25) is 0 Å². The van der Waals surface area contributed by atoms with Crippen LogP contribution in [0.5, 0.6) is 5.75 Å². The molecular formula is C14H11NOSSe. The van der Waals surface area contributed by atoms with E-state index in [4.69, 9.17) is 17.0 Å². The Kier molecular flexibility index (Phi) is 3.08. The Morgan fingerprint density at radius 1 is 1.11 bits per heavy atom. The van der Waals surface area contributed by atoms with Crippen molar-refractivity contribution in [3.8, 4) is 11.4 Å². The van der Waals surface area contributed by atoms with E-state index in [0.717, 1.165) is 21.5 Å². The molecule has 1 heterocycles. The monoisotopic (exact) mass is 321 g/mol. The van der Waals surface area contributed by atoms with Gasteiger partial charge in [-0.15, -0.1) is 0 Å². The van der Waals surface area contributed by atoms with Gasteiger partial charge in [0, 0.05) is 0 Å². The van der Waals surface area contributed by atoms with E-state index >= 15 is 0 Å². The van der Waals surface area contributed by atoms with Gasteiger partial charge in [0.05, 0.1) is 0 Å². The van der Waals surface area contributed by atoms with E-state index in [0.29, 0.717) is 0 Å². The third kappa shape index (κ3) is 1.93. The van der Waals surface area contributed by atoms with Crippen molar-refractivity contribution in [3.63, 3.8) is 0 Å². The molecule has 0 atom stereocenters. The zero-order valence-electron chi connectivity index (χ0n) is 9.79. The molecule has 18 heavy (non-hydrogen) atoms. The molecule has 90 valence electrons. The van der Waals surface area contributed by atoms with E-state index in [-0.39, 0.29) is 14.7 Å². The number of benzene rings is 2. The zero-order chi connectivity index (χ0) is 12.5. The van der Waals surface area contributed by atoms with Gasteiger partial charge < -0.3 is 0 Å². The summed E-state index contributed by atoms with van der Waals surface area (Å²) in [5.74, 6) is 0.897. The molecule has 3 rings (SSSR count). The Morgan fingerprint density at radius 2 is 1.89 bits per heavy atom. The molecule has 0 radical (unpaired) electrons. The molecule has 0 aliphatic heterocycles. The van der Waals surface area contributed by atoms with Crippen molar-refractivity contribution < 1.29 is 4.74 Å². The van der Waals surface area contributed by atoms with Gasteiger partial charge in [-0.3, -0.25) is 0 Å². The van der Waals surface area contributed by atoms with E-state index in [9.17, 15) is 0 Å². The van der Waals surface area contributed by atoms with Gasteiger partial charge in [-0.05, 0) is 0 Å². The quantitative estimate of drug-likeness (QED) is 0.530. The van der Waals surface area contributed by atoms with Crippen LogP contribution in [0.4, 0.5) is 0 Å². The van der Waals surface area contributed by atoms with E-state index < -0.39 is 0 Å². The predicted molar refractivity (Wildman–Crippen MR) is 77.6 cm³/mol. The van der Waals surface area contributed by atoms with Crippen LogP contribution < -0.4 is 4.74 Å². The zero-order valence-corrected chi connectivity index (χ0v) is 12.3. The van der Waals surface area contributed by atoms with Gasteiger partial charge in [0.1, 0.15) is 0 Å². The SMILES string of the molecule is COc1ccc2c(=S)n(-c3ccccc3)[se]c2c1. The molecule has 0 saturated heterocycles. The summed E-state index contributed by atoms with van der Waals surface area (Å²) in [7, 11) is 1.69. The number of rotatable bonds is 2. The molecule has 0 N–H and O–H groups in total. The number of methoxy groups -OCH3 is 1. The second-order valence-corrected chi connectivity index (χ2v) is 6.35. The van der Waals surface area contributed by atoms with Crippen molar-refractivity contribution in [3.05, 3.63) is 53.2 Å². The number of hydrogen-bond donors (Lipinski definition) is 0. The molecule has 0 aliphatic carbocycles. The van der Waals surface area contributed by atoms with Crippen LogP contribution in [0.1, 0.15) is 0 Å². The van der Waals surface area contributed by atoms with Crippen molar-refractivity contribution in [2.24, 2.45) is 0 Å². The Bertz CT molecular complexity index is 745. The molecule has 0 unspecified atom stereocenters. The van der Waals surface area contributed by atoms with Crippen LogP contribution in [0.15, 0.2) is 48.5 Å². The molecule has 1 aromatic heterocycles. The summed E-state index contributed by atoms with van der Waals surface area (Å²) < 4.78 is 9.68. The van der Waals surface area contributed by atoms with Crippen LogP contribution in [-0.2, 0) is 0 Å². The third-order valence-corrected chi connectivity index (χ3v) is 5.78. The van der Waals surface area contributed by atoms with Crippen LogP contribution in [0.2, 0.25) is 0 Å². The Morgan fingerprint density at radius 3 is 2.61 bits per heavy atom. The summed E-state index contributed by atoms with van der Waals surface area (Å²) in [6, 6.07) is 16.4. The first kappa shape index (κ1) is 11.7. The van der Waals surface area contributed by atoms with E-state index in [1.165, 1.54) is 4.26 Å². The van der Waals surface area contributed by atoms with Gasteiger partial charge in [0.25, 0.3) is 0 Å². The fraction of sp³-hybridized carbons (Fsp3) is 0.0714. The Hall–Kier alpha value is -1.35. The second-order valence-electron chi connectivity index (χ2n) is 3.89. The number of para-hydroxylation sites is 1. The average molecular weight is 320 g/mol. The summed E-state index contributed by atoms with van der Waals surface area (Å²) in [5.41, 5.74) is 1.16. The number of aromatic nitrogens is 1. The first-order valence-electron chi connectivity index (χ1n) is 5.55. The van der Waals surface area contributed by atoms with Crippen molar-refractivity contribution in [1.82, 2.24) is 3.56 Å². The number of ether oxygens (including phenoxy) is 1. The molecule has 0 amide bonds. The third-order valence-electron chi connectivity index (χ3n) is 2.78. The molecule has 4 heteroatoms. The first-order valence-corrected chi connectivity index (χ1v) is 7.58. The topological polar surface area (TPSA) is 14.2 Å². The number of nitrogens with zero attached hydrogens (tertiary/aromatic N) is 1. The van der Waals surface area contributed by atoms with Gasteiger partial charge in [-0.2, -0.15) is 0 Å². The van der Waals surface area contributed by atoms with Gasteiger partial charge in [-0.25, -0.2) is 0 Å². The predicted octanol–water partition coefficient (Wildman–Crippen LogP) is 3.43. The summed E-state index contributed by atoms with van der Waals surface area (Å²) in [4.78, 5) is 0. The second kappa shape index (κ2) is 4.73. The fourth-order valence-electron chi connectivity index (χ4n) is 1.86. The Balaban J connectivity index is 2.26. The number of fused-ring (bicyclic) bond motifs is 1. The van der Waals surface area contributed by atoms with Crippen LogP contribution in [0.25, 0.3) is 15.3 Å². The fourth-order valence-corrected chi connectivity index (χ4v) is 4.66. The molecular weight excluding hydrogens is 309 g/mol. The van der Waals surface area contributed by atoms with Gasteiger partial charge in [0.15, 0.2) is 0 Å². The maximum absolute atomic E-state index is 5.56. The molecule has 0 bridgehead atoms.